The summed E-state index contributed by atoms with van der Waals surface area (Å²) in [4.78, 5) is 23.4. The van der Waals surface area contributed by atoms with Crippen LogP contribution in [0.4, 0.5) is 34.6 Å². The van der Waals surface area contributed by atoms with E-state index < -0.39 is 43.1 Å². The monoisotopic (exact) mass is 676 g/mol. The Morgan fingerprint density at radius 2 is 1.66 bits per heavy atom. The summed E-state index contributed by atoms with van der Waals surface area (Å²) in [7, 11) is -10.8. The number of aromatic amines is 1. The third-order valence-electron chi connectivity index (χ3n) is 4.61. The first-order valence-electron chi connectivity index (χ1n) is 10.4. The molecule has 41 heavy (non-hydrogen) atoms. The Labute approximate surface area is 241 Å². The van der Waals surface area contributed by atoms with Gasteiger partial charge in [0.05, 0.1) is 16.3 Å². The highest BCUT2D eigenvalue weighted by Gasteiger charge is 2.70. The third-order valence-corrected chi connectivity index (χ3v) is 9.12. The number of hydrogen-bond donors (Lipinski definition) is 6. The minimum absolute atomic E-state index is 0.0210. The van der Waals surface area contributed by atoms with Gasteiger partial charge in [-0.3, -0.25) is 34.8 Å². The molecule has 2 amide bonds. The van der Waals surface area contributed by atoms with Crippen molar-refractivity contribution in [3.05, 3.63) is 52.5 Å². The summed E-state index contributed by atoms with van der Waals surface area (Å²) in [5, 5.41) is 2.93. The van der Waals surface area contributed by atoms with Gasteiger partial charge in [0, 0.05) is 11.4 Å². The fourth-order valence-corrected chi connectivity index (χ4v) is 6.08. The van der Waals surface area contributed by atoms with E-state index in [1.165, 1.54) is 41.0 Å². The van der Waals surface area contributed by atoms with Crippen LogP contribution in [0.1, 0.15) is 0 Å². The van der Waals surface area contributed by atoms with Gasteiger partial charge in [0.1, 0.15) is 0 Å². The Hall–Kier alpha value is -3.31. The van der Waals surface area contributed by atoms with Gasteiger partial charge in [-0.2, -0.15) is 31.1 Å². The zero-order chi connectivity index (χ0) is 30.6. The lowest BCUT2D eigenvalue weighted by Crippen LogP contribution is -2.57. The summed E-state index contributed by atoms with van der Waals surface area (Å²) in [6.07, 6.45) is 0. The Morgan fingerprint density at radius 1 is 1.02 bits per heavy atom. The molecule has 0 atom stereocenters. The predicted molar refractivity (Wildman–Crippen MR) is 144 cm³/mol. The van der Waals surface area contributed by atoms with Gasteiger partial charge in [0.25, 0.3) is 10.0 Å². The van der Waals surface area contributed by atoms with Gasteiger partial charge in [0.15, 0.2) is 8.29 Å². The van der Waals surface area contributed by atoms with Gasteiger partial charge < -0.3 is 5.32 Å². The molecule has 22 heteroatoms. The van der Waals surface area contributed by atoms with E-state index in [4.69, 9.17) is 16.8 Å². The topological polar surface area (TPSA) is 199 Å². The largest absolute Gasteiger partial charge is 0.441 e. The van der Waals surface area contributed by atoms with Crippen molar-refractivity contribution in [2.45, 2.75) is 20.4 Å². The maximum Gasteiger partial charge on any atom is 0.441 e. The predicted octanol–water partition coefficient (Wildman–Crippen LogP) is 3.29. The van der Waals surface area contributed by atoms with Crippen LogP contribution in [0, 0.1) is 3.95 Å². The molecule has 222 valence electrons. The van der Waals surface area contributed by atoms with Crippen molar-refractivity contribution in [3.8, 4) is 0 Å². The van der Waals surface area contributed by atoms with Crippen LogP contribution in [0.5, 0.6) is 0 Å². The lowest BCUT2D eigenvalue weighted by molar-refractivity contribution is -0.181. The van der Waals surface area contributed by atoms with Crippen molar-refractivity contribution in [3.63, 3.8) is 0 Å². The summed E-state index contributed by atoms with van der Waals surface area (Å²) in [5.74, 6) is -9.07. The van der Waals surface area contributed by atoms with E-state index in [9.17, 15) is 44.0 Å². The average Bonchev–Trinajstić information content (AvgIpc) is 3.31. The number of aromatic nitrogens is 2. The van der Waals surface area contributed by atoms with E-state index in [0.29, 0.717) is 8.29 Å². The number of nitrogens with zero attached hydrogens (tertiary/aromatic N) is 1. The van der Waals surface area contributed by atoms with Gasteiger partial charge in [-0.1, -0.05) is 29.2 Å². The van der Waals surface area contributed by atoms with E-state index >= 15 is 0 Å². The Balaban J connectivity index is 1.60. The summed E-state index contributed by atoms with van der Waals surface area (Å²) in [6.45, 7) is 0. The molecule has 0 aliphatic rings. The number of halogens is 4. The molecule has 0 radical (unpaired) electrons. The molecule has 6 N–H and O–H groups in total. The molecule has 0 saturated carbocycles. The highest BCUT2D eigenvalue weighted by molar-refractivity contribution is 8.01. The van der Waals surface area contributed by atoms with Gasteiger partial charge in [-0.25, -0.2) is 8.42 Å². The lowest BCUT2D eigenvalue weighted by Gasteiger charge is -2.23. The smallest absolute Gasteiger partial charge is 0.325 e. The molecular formula is C19H16F4N6O7S5. The van der Waals surface area contributed by atoms with Crippen molar-refractivity contribution >= 4 is 84.3 Å². The van der Waals surface area contributed by atoms with E-state index in [1.807, 2.05) is 5.43 Å². The standard InChI is InChI=1S/C19H16F4N6O7S5/c20-18(21,19(22,23)41(34,35)36)15(31)26-25-10-4-6-11(7-5-10)29-40(32,33)13-3-1-2-12(8-13)24-14(30)9-38-17-28-27-16(37)39-17/h1-8,25,29H,9H2,(H,24,30)(H,26,31)(H,27,37)(H,34,35,36). The number of thioether (sulfide) groups is 1. The zero-order valence-electron chi connectivity index (χ0n) is 19.7. The average molecular weight is 677 g/mol. The van der Waals surface area contributed by atoms with Crippen LogP contribution in [0.2, 0.25) is 0 Å². The molecule has 1 heterocycles. The Kier molecular flexibility index (Phi) is 9.65. The number of benzene rings is 2. The van der Waals surface area contributed by atoms with Crippen molar-refractivity contribution in [2.24, 2.45) is 0 Å². The number of carbonyl (C=O) groups is 2. The second-order valence-corrected chi connectivity index (χ2v) is 13.6. The highest BCUT2D eigenvalue weighted by atomic mass is 32.2. The molecule has 0 spiro atoms. The van der Waals surface area contributed by atoms with E-state index in [-0.39, 0.29) is 27.7 Å². The normalized spacial score (nSPS) is 12.4. The SMILES string of the molecule is O=C(CSc1n[nH]c(=S)s1)Nc1cccc(S(=O)(=O)Nc2ccc(NNC(=O)C(F)(F)C(F)(F)S(=O)(=O)O)cc2)c1. The minimum atomic E-state index is -6.62. The van der Waals surface area contributed by atoms with E-state index in [1.54, 1.807) is 0 Å². The molecule has 0 bridgehead atoms. The van der Waals surface area contributed by atoms with Crippen molar-refractivity contribution < 1.29 is 48.5 Å². The van der Waals surface area contributed by atoms with Crippen molar-refractivity contribution in [1.82, 2.24) is 15.6 Å². The fourth-order valence-electron chi connectivity index (χ4n) is 2.68. The van der Waals surface area contributed by atoms with Crippen LogP contribution in [-0.2, 0) is 29.7 Å². The number of carbonyl (C=O) groups excluding carboxylic acids is 2. The quantitative estimate of drug-likeness (QED) is 0.0541. The van der Waals surface area contributed by atoms with Crippen LogP contribution < -0.4 is 20.9 Å². The number of sulfonamides is 1. The van der Waals surface area contributed by atoms with Gasteiger partial charge >= 0.3 is 27.2 Å². The van der Waals surface area contributed by atoms with Crippen LogP contribution in [-0.4, -0.2) is 60.3 Å². The third kappa shape index (κ3) is 7.91. The molecule has 0 saturated heterocycles. The summed E-state index contributed by atoms with van der Waals surface area (Å²) in [5.41, 5.74) is 2.94. The maximum absolute atomic E-state index is 13.6. The summed E-state index contributed by atoms with van der Waals surface area (Å²) < 4.78 is 112. The minimum Gasteiger partial charge on any atom is -0.325 e. The van der Waals surface area contributed by atoms with Crippen LogP contribution in [0.15, 0.2) is 57.8 Å². The number of anilines is 3. The lowest BCUT2D eigenvalue weighted by atomic mass is 10.3. The summed E-state index contributed by atoms with van der Waals surface area (Å²) in [6, 6.07) is 9.63. The van der Waals surface area contributed by atoms with E-state index in [0.717, 1.165) is 36.0 Å². The van der Waals surface area contributed by atoms with E-state index in [2.05, 4.69) is 20.2 Å². The molecule has 0 aliphatic carbocycles. The van der Waals surface area contributed by atoms with Crippen LogP contribution >= 0.6 is 35.3 Å². The molecular weight excluding hydrogens is 661 g/mol. The first-order chi connectivity index (χ1) is 18.9. The number of hydrogen-bond acceptors (Lipinski definition) is 11. The molecule has 0 unspecified atom stereocenters. The van der Waals surface area contributed by atoms with Gasteiger partial charge in [-0.05, 0) is 54.7 Å². The highest BCUT2D eigenvalue weighted by Crippen LogP contribution is 2.38. The van der Waals surface area contributed by atoms with Crippen molar-refractivity contribution in [1.29, 1.82) is 0 Å². The first kappa shape index (κ1) is 32.2. The molecule has 2 aromatic carbocycles. The molecule has 13 nitrogen and oxygen atoms in total. The Morgan fingerprint density at radius 3 is 2.24 bits per heavy atom. The Bertz CT molecular complexity index is 1710. The second kappa shape index (κ2) is 12.3. The zero-order valence-corrected chi connectivity index (χ0v) is 23.8. The first-order valence-corrected chi connectivity index (χ1v) is 15.6. The molecule has 1 aromatic heterocycles. The van der Waals surface area contributed by atoms with Gasteiger partial charge in [0.2, 0.25) is 5.91 Å². The molecule has 0 aliphatic heterocycles. The molecule has 3 aromatic rings. The van der Waals surface area contributed by atoms with Crippen LogP contribution in [0.3, 0.4) is 0 Å². The number of H-pyrrole nitrogens is 1. The number of rotatable bonds is 12. The number of nitrogens with one attached hydrogen (secondary N) is 5. The fraction of sp³-hybridized carbons (Fsp3) is 0.158. The van der Waals surface area contributed by atoms with Gasteiger partial charge in [-0.15, -0.1) is 0 Å². The second-order valence-electron chi connectivity index (χ2n) is 7.57. The van der Waals surface area contributed by atoms with Crippen molar-refractivity contribution in [2.75, 3.05) is 21.2 Å². The maximum atomic E-state index is 13.6. The molecule has 3 rings (SSSR count). The van der Waals surface area contributed by atoms with Crippen LogP contribution in [0.25, 0.3) is 0 Å². The molecule has 0 fully saturated rings. The summed E-state index contributed by atoms with van der Waals surface area (Å²) >= 11 is 7.22. The number of hydrazine groups is 1. The number of alkyl halides is 4. The number of amides is 2.